The molecule has 0 aromatic heterocycles. The standard InChI is InChI=1S/C12H9F3O2/c13-12(14,15)11(17)8-10(16)7-6-9-4-2-1-3-5-9/h1-8,16H/p-1/b7-6+,10-8-. The van der Waals surface area contributed by atoms with Gasteiger partial charge in [0, 0.05) is 0 Å². The van der Waals surface area contributed by atoms with Gasteiger partial charge >= 0.3 is 6.18 Å². The van der Waals surface area contributed by atoms with Gasteiger partial charge in [0.15, 0.2) is 0 Å². The van der Waals surface area contributed by atoms with Gasteiger partial charge < -0.3 is 5.11 Å². The van der Waals surface area contributed by atoms with Crippen LogP contribution in [0.1, 0.15) is 5.56 Å². The van der Waals surface area contributed by atoms with Crippen molar-refractivity contribution in [2.24, 2.45) is 0 Å². The quantitative estimate of drug-likeness (QED) is 0.461. The molecule has 17 heavy (non-hydrogen) atoms. The Labute approximate surface area is 95.7 Å². The monoisotopic (exact) mass is 241 g/mol. The van der Waals surface area contributed by atoms with Crippen LogP contribution in [0.5, 0.6) is 0 Å². The minimum absolute atomic E-state index is 0.0272. The Morgan fingerprint density at radius 2 is 1.76 bits per heavy atom. The number of halogens is 3. The summed E-state index contributed by atoms with van der Waals surface area (Å²) in [6.07, 6.45) is -2.73. The largest absolute Gasteiger partial charge is 0.872 e. The van der Waals surface area contributed by atoms with Crippen LogP contribution in [0.25, 0.3) is 6.08 Å². The number of hydrogen-bond acceptors (Lipinski definition) is 2. The van der Waals surface area contributed by atoms with E-state index in [1.54, 1.807) is 30.3 Å². The Morgan fingerprint density at radius 1 is 1.18 bits per heavy atom. The van der Waals surface area contributed by atoms with Gasteiger partial charge in [-0.05, 0) is 11.6 Å². The van der Waals surface area contributed by atoms with Crippen molar-refractivity contribution in [2.45, 2.75) is 6.18 Å². The van der Waals surface area contributed by atoms with Crippen LogP contribution in [0.2, 0.25) is 0 Å². The number of benzene rings is 1. The summed E-state index contributed by atoms with van der Waals surface area (Å²) < 4.78 is 35.4. The molecule has 2 nitrogen and oxygen atoms in total. The second kappa shape index (κ2) is 5.34. The number of allylic oxidation sites excluding steroid dienone is 2. The first kappa shape index (κ1) is 13.0. The second-order valence-electron chi connectivity index (χ2n) is 3.15. The summed E-state index contributed by atoms with van der Waals surface area (Å²) in [6.45, 7) is 0. The molecule has 0 fully saturated rings. The third-order valence-corrected chi connectivity index (χ3v) is 1.79. The van der Waals surface area contributed by atoms with Crippen LogP contribution in [0, 0.1) is 0 Å². The normalized spacial score (nSPS) is 13.0. The van der Waals surface area contributed by atoms with Crippen molar-refractivity contribution in [3.8, 4) is 0 Å². The SMILES string of the molecule is O=C(/C=C([O-])/C=C/c1ccccc1)C(F)(F)F. The Morgan fingerprint density at radius 3 is 2.29 bits per heavy atom. The fraction of sp³-hybridized carbons (Fsp3) is 0.0833. The molecule has 1 rings (SSSR count). The smallest absolute Gasteiger partial charge is 0.454 e. The highest BCUT2D eigenvalue weighted by Crippen LogP contribution is 2.17. The number of carbonyl (C=O) groups excluding carboxylic acids is 1. The minimum Gasteiger partial charge on any atom is -0.872 e. The first-order valence-electron chi connectivity index (χ1n) is 4.62. The van der Waals surface area contributed by atoms with Crippen LogP contribution >= 0.6 is 0 Å². The van der Waals surface area contributed by atoms with Gasteiger partial charge in [0.1, 0.15) is 0 Å². The van der Waals surface area contributed by atoms with Crippen LogP contribution in [-0.4, -0.2) is 12.0 Å². The van der Waals surface area contributed by atoms with Crippen molar-refractivity contribution in [2.75, 3.05) is 0 Å². The fourth-order valence-electron chi connectivity index (χ4n) is 1.00. The molecule has 0 spiro atoms. The summed E-state index contributed by atoms with van der Waals surface area (Å²) >= 11 is 0. The molecule has 0 saturated carbocycles. The Hall–Kier alpha value is -2.04. The summed E-state index contributed by atoms with van der Waals surface area (Å²) in [5.74, 6) is -3.14. The molecular formula is C12H8F3O2-. The average molecular weight is 241 g/mol. The lowest BCUT2D eigenvalue weighted by atomic mass is 10.2. The lowest BCUT2D eigenvalue weighted by Gasteiger charge is -2.07. The van der Waals surface area contributed by atoms with E-state index in [-0.39, 0.29) is 6.08 Å². The lowest BCUT2D eigenvalue weighted by molar-refractivity contribution is -0.295. The van der Waals surface area contributed by atoms with Gasteiger partial charge in [0.25, 0.3) is 5.78 Å². The summed E-state index contributed by atoms with van der Waals surface area (Å²) in [6, 6.07) is 8.55. The third-order valence-electron chi connectivity index (χ3n) is 1.79. The molecule has 0 atom stereocenters. The van der Waals surface area contributed by atoms with E-state index < -0.39 is 17.7 Å². The van der Waals surface area contributed by atoms with Crippen molar-refractivity contribution in [1.82, 2.24) is 0 Å². The van der Waals surface area contributed by atoms with Crippen LogP contribution in [-0.2, 0) is 4.79 Å². The van der Waals surface area contributed by atoms with E-state index in [0.29, 0.717) is 5.56 Å². The predicted molar refractivity (Wildman–Crippen MR) is 54.6 cm³/mol. The maximum absolute atomic E-state index is 11.8. The number of alkyl halides is 3. The van der Waals surface area contributed by atoms with Gasteiger partial charge in [0.2, 0.25) is 0 Å². The van der Waals surface area contributed by atoms with Gasteiger partial charge in [-0.25, -0.2) is 0 Å². The number of rotatable bonds is 3. The second-order valence-corrected chi connectivity index (χ2v) is 3.15. The van der Waals surface area contributed by atoms with Crippen LogP contribution < -0.4 is 5.11 Å². The molecule has 0 amide bonds. The summed E-state index contributed by atoms with van der Waals surface area (Å²) in [4.78, 5) is 10.5. The zero-order valence-electron chi connectivity index (χ0n) is 8.57. The molecule has 0 heterocycles. The highest BCUT2D eigenvalue weighted by molar-refractivity contribution is 5.95. The molecule has 0 saturated heterocycles. The van der Waals surface area contributed by atoms with Crippen LogP contribution in [0.15, 0.2) is 48.2 Å². The lowest BCUT2D eigenvalue weighted by Crippen LogP contribution is -2.21. The highest BCUT2D eigenvalue weighted by atomic mass is 19.4. The maximum atomic E-state index is 11.8. The van der Waals surface area contributed by atoms with Gasteiger partial charge in [0.05, 0.1) is 0 Å². The molecule has 0 radical (unpaired) electrons. The molecule has 0 unspecified atom stereocenters. The van der Waals surface area contributed by atoms with Crippen molar-refractivity contribution >= 4 is 11.9 Å². The van der Waals surface area contributed by atoms with Crippen molar-refractivity contribution in [3.05, 3.63) is 53.8 Å². The molecule has 0 bridgehead atoms. The molecule has 5 heteroatoms. The Kier molecular flexibility index (Phi) is 4.09. The van der Waals surface area contributed by atoms with E-state index in [1.807, 2.05) is 0 Å². The van der Waals surface area contributed by atoms with Gasteiger partial charge in [-0.1, -0.05) is 42.5 Å². The average Bonchev–Trinajstić information content (AvgIpc) is 2.26. The zero-order chi connectivity index (χ0) is 12.9. The van der Waals surface area contributed by atoms with Crippen LogP contribution in [0.4, 0.5) is 13.2 Å². The van der Waals surface area contributed by atoms with E-state index in [0.717, 1.165) is 6.08 Å². The van der Waals surface area contributed by atoms with E-state index in [1.165, 1.54) is 6.08 Å². The molecule has 1 aromatic rings. The third kappa shape index (κ3) is 4.55. The maximum Gasteiger partial charge on any atom is 0.454 e. The predicted octanol–water partition coefficient (Wildman–Crippen LogP) is 2.08. The van der Waals surface area contributed by atoms with Gasteiger partial charge in [-0.2, -0.15) is 13.2 Å². The zero-order valence-corrected chi connectivity index (χ0v) is 8.57. The summed E-state index contributed by atoms with van der Waals surface area (Å²) in [5.41, 5.74) is 0.661. The Bertz CT molecular complexity index is 445. The first-order chi connectivity index (χ1) is 7.89. The number of hydrogen-bond donors (Lipinski definition) is 0. The molecule has 0 N–H and O–H groups in total. The molecule has 0 aliphatic rings. The molecular weight excluding hydrogens is 233 g/mol. The summed E-state index contributed by atoms with van der Waals surface area (Å²) in [5, 5.41) is 11.0. The number of carbonyl (C=O) groups is 1. The van der Waals surface area contributed by atoms with Crippen molar-refractivity contribution < 1.29 is 23.1 Å². The van der Waals surface area contributed by atoms with Gasteiger partial charge in [-0.15, -0.1) is 5.76 Å². The number of ketones is 1. The molecule has 90 valence electrons. The van der Waals surface area contributed by atoms with Crippen LogP contribution in [0.3, 0.4) is 0 Å². The highest BCUT2D eigenvalue weighted by Gasteiger charge is 2.35. The van der Waals surface area contributed by atoms with Crippen molar-refractivity contribution in [1.29, 1.82) is 0 Å². The van der Waals surface area contributed by atoms with E-state index in [2.05, 4.69) is 0 Å². The minimum atomic E-state index is -5.00. The molecule has 1 aromatic carbocycles. The topological polar surface area (TPSA) is 40.1 Å². The van der Waals surface area contributed by atoms with Gasteiger partial charge in [-0.3, -0.25) is 4.79 Å². The molecule has 0 aliphatic heterocycles. The molecule has 0 aliphatic carbocycles. The van der Waals surface area contributed by atoms with E-state index in [9.17, 15) is 23.1 Å². The van der Waals surface area contributed by atoms with E-state index >= 15 is 0 Å². The van der Waals surface area contributed by atoms with Crippen molar-refractivity contribution in [3.63, 3.8) is 0 Å². The fourth-order valence-corrected chi connectivity index (χ4v) is 1.00. The first-order valence-corrected chi connectivity index (χ1v) is 4.62. The van der Waals surface area contributed by atoms with E-state index in [4.69, 9.17) is 0 Å². The summed E-state index contributed by atoms with van der Waals surface area (Å²) in [7, 11) is 0. The Balaban J connectivity index is 2.73.